The summed E-state index contributed by atoms with van der Waals surface area (Å²) in [5.41, 5.74) is 1.61. The lowest BCUT2D eigenvalue weighted by molar-refractivity contribution is 0.199. The second kappa shape index (κ2) is 8.71. The highest BCUT2D eigenvalue weighted by molar-refractivity contribution is 5.05. The van der Waals surface area contributed by atoms with Gasteiger partial charge < -0.3 is 10.1 Å². The number of rotatable bonds is 7. The first-order valence-electron chi connectivity index (χ1n) is 7.49. The molecule has 0 bridgehead atoms. The standard InChI is InChI=1S/C16H31NO/c1-13-10-14(2)12-16(11-13)15(3)6-5-7-17-8-9-18-4/h6,13-14,16-17H,5,7-12H2,1-4H3. The topological polar surface area (TPSA) is 21.3 Å². The van der Waals surface area contributed by atoms with Gasteiger partial charge in [-0.1, -0.05) is 25.5 Å². The molecule has 2 nitrogen and oxygen atoms in total. The van der Waals surface area contributed by atoms with E-state index in [-0.39, 0.29) is 0 Å². The van der Waals surface area contributed by atoms with Gasteiger partial charge in [0.2, 0.25) is 0 Å². The van der Waals surface area contributed by atoms with E-state index in [1.54, 1.807) is 12.7 Å². The van der Waals surface area contributed by atoms with Crippen molar-refractivity contribution in [2.75, 3.05) is 26.8 Å². The molecule has 0 aromatic carbocycles. The molecule has 2 heteroatoms. The van der Waals surface area contributed by atoms with Gasteiger partial charge in [-0.15, -0.1) is 0 Å². The second-order valence-electron chi connectivity index (χ2n) is 6.09. The van der Waals surface area contributed by atoms with Gasteiger partial charge in [0, 0.05) is 13.7 Å². The molecule has 1 aliphatic carbocycles. The lowest BCUT2D eigenvalue weighted by atomic mass is 9.74. The molecule has 0 heterocycles. The van der Waals surface area contributed by atoms with E-state index in [1.165, 1.54) is 19.3 Å². The number of methoxy groups -OCH3 is 1. The van der Waals surface area contributed by atoms with Crippen LogP contribution in [0.1, 0.15) is 46.5 Å². The van der Waals surface area contributed by atoms with Crippen LogP contribution in [0.4, 0.5) is 0 Å². The zero-order valence-electron chi connectivity index (χ0n) is 12.7. The van der Waals surface area contributed by atoms with Crippen LogP contribution in [-0.4, -0.2) is 26.8 Å². The van der Waals surface area contributed by atoms with Gasteiger partial charge in [0.05, 0.1) is 6.61 Å². The fourth-order valence-corrected chi connectivity index (χ4v) is 3.19. The van der Waals surface area contributed by atoms with Crippen LogP contribution in [0, 0.1) is 17.8 Å². The maximum Gasteiger partial charge on any atom is 0.0587 e. The molecule has 0 spiro atoms. The molecule has 0 aromatic heterocycles. The lowest BCUT2D eigenvalue weighted by Crippen LogP contribution is -2.21. The number of allylic oxidation sites excluding steroid dienone is 1. The Kier molecular flexibility index (Phi) is 7.60. The number of hydrogen-bond donors (Lipinski definition) is 1. The Bertz CT molecular complexity index is 239. The molecule has 106 valence electrons. The summed E-state index contributed by atoms with van der Waals surface area (Å²) < 4.78 is 5.01. The van der Waals surface area contributed by atoms with E-state index in [0.29, 0.717) is 0 Å². The molecule has 1 aliphatic rings. The average Bonchev–Trinajstić information content (AvgIpc) is 2.32. The first-order valence-corrected chi connectivity index (χ1v) is 7.49. The van der Waals surface area contributed by atoms with E-state index in [4.69, 9.17) is 4.74 Å². The van der Waals surface area contributed by atoms with E-state index < -0.39 is 0 Å². The number of hydrogen-bond acceptors (Lipinski definition) is 2. The lowest BCUT2D eigenvalue weighted by Gasteiger charge is -2.32. The van der Waals surface area contributed by atoms with Crippen LogP contribution >= 0.6 is 0 Å². The number of ether oxygens (including phenoxy) is 1. The maximum atomic E-state index is 5.01. The fourth-order valence-electron chi connectivity index (χ4n) is 3.19. The third-order valence-corrected chi connectivity index (χ3v) is 4.09. The Labute approximate surface area is 113 Å². The third-order valence-electron chi connectivity index (χ3n) is 4.09. The van der Waals surface area contributed by atoms with Crippen molar-refractivity contribution in [3.8, 4) is 0 Å². The first kappa shape index (κ1) is 15.7. The van der Waals surface area contributed by atoms with E-state index in [2.05, 4.69) is 32.2 Å². The highest BCUT2D eigenvalue weighted by Crippen LogP contribution is 2.36. The average molecular weight is 253 g/mol. The van der Waals surface area contributed by atoms with Crippen LogP contribution in [0.25, 0.3) is 0 Å². The summed E-state index contributed by atoms with van der Waals surface area (Å²) in [7, 11) is 1.75. The minimum atomic E-state index is 0.806. The molecule has 2 atom stereocenters. The van der Waals surface area contributed by atoms with E-state index in [1.807, 2.05) is 0 Å². The quantitative estimate of drug-likeness (QED) is 0.552. The minimum Gasteiger partial charge on any atom is -0.383 e. The van der Waals surface area contributed by atoms with Gasteiger partial charge in [0.25, 0.3) is 0 Å². The Morgan fingerprint density at radius 2 is 1.83 bits per heavy atom. The van der Waals surface area contributed by atoms with Crippen LogP contribution in [0.15, 0.2) is 11.6 Å². The highest BCUT2D eigenvalue weighted by atomic mass is 16.5. The molecule has 0 aliphatic heterocycles. The smallest absolute Gasteiger partial charge is 0.0587 e. The molecule has 0 aromatic rings. The Morgan fingerprint density at radius 1 is 1.17 bits per heavy atom. The first-order chi connectivity index (χ1) is 8.63. The molecule has 2 unspecified atom stereocenters. The van der Waals surface area contributed by atoms with Crippen LogP contribution in [0.3, 0.4) is 0 Å². The van der Waals surface area contributed by atoms with Gasteiger partial charge in [0.1, 0.15) is 0 Å². The number of nitrogens with one attached hydrogen (secondary N) is 1. The molecular formula is C16H31NO. The van der Waals surface area contributed by atoms with Gasteiger partial charge in [-0.25, -0.2) is 0 Å². The summed E-state index contributed by atoms with van der Waals surface area (Å²) in [5, 5.41) is 3.39. The van der Waals surface area contributed by atoms with Crippen molar-refractivity contribution in [2.24, 2.45) is 17.8 Å². The summed E-state index contributed by atoms with van der Waals surface area (Å²) in [5.74, 6) is 2.64. The molecular weight excluding hydrogens is 222 g/mol. The molecule has 18 heavy (non-hydrogen) atoms. The van der Waals surface area contributed by atoms with E-state index in [9.17, 15) is 0 Å². The predicted octanol–water partition coefficient (Wildman–Crippen LogP) is 3.63. The second-order valence-corrected chi connectivity index (χ2v) is 6.09. The SMILES string of the molecule is COCCNCCC=C(C)C1CC(C)CC(C)C1. The fraction of sp³-hybridized carbons (Fsp3) is 0.875. The van der Waals surface area contributed by atoms with Crippen molar-refractivity contribution < 1.29 is 4.74 Å². The van der Waals surface area contributed by atoms with Gasteiger partial charge >= 0.3 is 0 Å². The molecule has 0 amide bonds. The van der Waals surface area contributed by atoms with Gasteiger partial charge in [-0.2, -0.15) is 0 Å². The molecule has 1 saturated carbocycles. The largest absolute Gasteiger partial charge is 0.383 e. The van der Waals surface area contributed by atoms with Crippen molar-refractivity contribution in [2.45, 2.75) is 46.5 Å². The van der Waals surface area contributed by atoms with E-state index in [0.717, 1.165) is 43.9 Å². The van der Waals surface area contributed by atoms with Crippen LogP contribution < -0.4 is 5.32 Å². The van der Waals surface area contributed by atoms with Crippen molar-refractivity contribution in [1.82, 2.24) is 5.32 Å². The maximum absolute atomic E-state index is 5.01. The summed E-state index contributed by atoms with van der Waals surface area (Å²) in [6.07, 6.45) is 7.79. The predicted molar refractivity (Wildman–Crippen MR) is 78.8 cm³/mol. The van der Waals surface area contributed by atoms with Crippen LogP contribution in [0.5, 0.6) is 0 Å². The molecule has 0 radical (unpaired) electrons. The molecule has 1 fully saturated rings. The Morgan fingerprint density at radius 3 is 2.44 bits per heavy atom. The third kappa shape index (κ3) is 6.01. The van der Waals surface area contributed by atoms with Crippen molar-refractivity contribution >= 4 is 0 Å². The zero-order chi connectivity index (χ0) is 13.4. The van der Waals surface area contributed by atoms with Gasteiger partial charge in [-0.05, 0) is 56.9 Å². The normalized spacial score (nSPS) is 29.6. The minimum absolute atomic E-state index is 0.806. The summed E-state index contributed by atoms with van der Waals surface area (Å²) >= 11 is 0. The van der Waals surface area contributed by atoms with Crippen LogP contribution in [0.2, 0.25) is 0 Å². The van der Waals surface area contributed by atoms with E-state index >= 15 is 0 Å². The molecule has 1 rings (SSSR count). The van der Waals surface area contributed by atoms with Crippen molar-refractivity contribution in [3.63, 3.8) is 0 Å². The van der Waals surface area contributed by atoms with Crippen molar-refractivity contribution in [1.29, 1.82) is 0 Å². The van der Waals surface area contributed by atoms with Gasteiger partial charge in [-0.3, -0.25) is 0 Å². The summed E-state index contributed by atoms with van der Waals surface area (Å²) in [6.45, 7) is 9.97. The van der Waals surface area contributed by atoms with Crippen LogP contribution in [-0.2, 0) is 4.74 Å². The monoisotopic (exact) mass is 253 g/mol. The van der Waals surface area contributed by atoms with Crippen molar-refractivity contribution in [3.05, 3.63) is 11.6 Å². The summed E-state index contributed by atoms with van der Waals surface area (Å²) in [4.78, 5) is 0. The highest BCUT2D eigenvalue weighted by Gasteiger charge is 2.24. The Hall–Kier alpha value is -0.340. The molecule has 0 saturated heterocycles. The Balaban J connectivity index is 2.23. The molecule has 1 N–H and O–H groups in total. The van der Waals surface area contributed by atoms with Gasteiger partial charge in [0.15, 0.2) is 0 Å². The summed E-state index contributed by atoms with van der Waals surface area (Å²) in [6, 6.07) is 0. The zero-order valence-corrected chi connectivity index (χ0v) is 12.7.